The molecule has 0 aliphatic heterocycles. The van der Waals surface area contributed by atoms with Gasteiger partial charge >= 0.3 is 5.69 Å². The molecule has 25 heavy (non-hydrogen) atoms. The van der Waals surface area contributed by atoms with Gasteiger partial charge in [0, 0.05) is 12.1 Å². The first-order valence-corrected chi connectivity index (χ1v) is 8.89. The normalized spacial score (nSPS) is 32.9. The van der Waals surface area contributed by atoms with E-state index < -0.39 is 4.92 Å². The maximum Gasteiger partial charge on any atom is 0.471 e. The fourth-order valence-electron chi connectivity index (χ4n) is 5.71. The molecule has 6 rings (SSSR count). The zero-order valence-corrected chi connectivity index (χ0v) is 13.8. The van der Waals surface area contributed by atoms with Gasteiger partial charge < -0.3 is 0 Å². The Kier molecular flexibility index (Phi) is 2.96. The Morgan fingerprint density at radius 2 is 1.68 bits per heavy atom. The summed E-state index contributed by atoms with van der Waals surface area (Å²) in [6.45, 7) is 0. The molecule has 0 spiro atoms. The third-order valence-electron chi connectivity index (χ3n) is 6.33. The van der Waals surface area contributed by atoms with Crippen LogP contribution in [0.2, 0.25) is 0 Å². The molecule has 4 aliphatic rings. The number of nitrogens with one attached hydrogen (secondary N) is 1. The van der Waals surface area contributed by atoms with E-state index in [1.807, 2.05) is 0 Å². The van der Waals surface area contributed by atoms with Crippen molar-refractivity contribution in [2.75, 3.05) is 0 Å². The number of aromatic nitrogens is 4. The number of aromatic amines is 1. The van der Waals surface area contributed by atoms with Gasteiger partial charge in [0.05, 0.1) is 4.92 Å². The second kappa shape index (κ2) is 5.00. The molecule has 4 fully saturated rings. The van der Waals surface area contributed by atoms with E-state index in [2.05, 4.69) is 10.3 Å². The molecule has 8 nitrogen and oxygen atoms in total. The van der Waals surface area contributed by atoms with Crippen LogP contribution < -0.4 is 10.5 Å². The summed E-state index contributed by atoms with van der Waals surface area (Å²) < 4.78 is 1.31. The van der Waals surface area contributed by atoms with Crippen molar-refractivity contribution in [2.45, 2.75) is 44.1 Å². The fraction of sp³-hybridized carbons (Fsp3) is 0.588. The highest BCUT2D eigenvalue weighted by Gasteiger charge is 2.56. The molecule has 0 saturated heterocycles. The van der Waals surface area contributed by atoms with Gasteiger partial charge in [0.25, 0.3) is 5.69 Å². The lowest BCUT2D eigenvalue weighted by Gasteiger charge is -2.53. The Labute approximate surface area is 143 Å². The maximum atomic E-state index is 12.4. The lowest BCUT2D eigenvalue weighted by Crippen LogP contribution is -2.67. The van der Waals surface area contributed by atoms with Crippen molar-refractivity contribution in [1.82, 2.24) is 15.0 Å². The Morgan fingerprint density at radius 3 is 2.20 bits per heavy atom. The predicted octanol–water partition coefficient (Wildman–Crippen LogP) is 1.68. The summed E-state index contributed by atoms with van der Waals surface area (Å²) in [7, 11) is 0. The highest BCUT2D eigenvalue weighted by Crippen LogP contribution is 2.56. The Bertz CT molecular complexity index is 862. The van der Waals surface area contributed by atoms with Crippen LogP contribution in [0.1, 0.15) is 38.5 Å². The molecule has 0 radical (unpaired) electrons. The van der Waals surface area contributed by atoms with E-state index in [0.29, 0.717) is 5.69 Å². The van der Waals surface area contributed by atoms with Crippen LogP contribution in [0.15, 0.2) is 29.1 Å². The van der Waals surface area contributed by atoms with E-state index >= 15 is 0 Å². The first kappa shape index (κ1) is 14.8. The number of benzene rings is 1. The van der Waals surface area contributed by atoms with Crippen molar-refractivity contribution < 1.29 is 9.72 Å². The smallest absolute Gasteiger partial charge is 0.258 e. The summed E-state index contributed by atoms with van der Waals surface area (Å²) in [5, 5.41) is 18.2. The minimum absolute atomic E-state index is 0.00120. The number of hydrogen-bond acceptors (Lipinski definition) is 4. The van der Waals surface area contributed by atoms with Gasteiger partial charge in [-0.15, -0.1) is 5.10 Å². The molecule has 1 aromatic heterocycles. The molecule has 1 aromatic carbocycles. The Morgan fingerprint density at radius 1 is 1.12 bits per heavy atom. The van der Waals surface area contributed by atoms with Gasteiger partial charge in [-0.3, -0.25) is 10.1 Å². The molecule has 0 amide bonds. The minimum atomic E-state index is -0.452. The number of nitro groups is 1. The monoisotopic (exact) mass is 342 g/mol. The average molecular weight is 342 g/mol. The number of H-pyrrole nitrogens is 1. The predicted molar refractivity (Wildman–Crippen MR) is 87.2 cm³/mol. The Balaban J connectivity index is 1.52. The van der Waals surface area contributed by atoms with Crippen LogP contribution in [0.4, 0.5) is 5.69 Å². The van der Waals surface area contributed by atoms with Crippen molar-refractivity contribution in [1.29, 1.82) is 0 Å². The first-order valence-electron chi connectivity index (χ1n) is 8.89. The molecule has 1 heterocycles. The second-order valence-electron chi connectivity index (χ2n) is 8.05. The van der Waals surface area contributed by atoms with Crippen LogP contribution in [0, 0.1) is 27.9 Å². The summed E-state index contributed by atoms with van der Waals surface area (Å²) in [5.41, 5.74) is 0.182. The fourth-order valence-corrected chi connectivity index (χ4v) is 5.71. The SMILES string of the molecule is O=c1[nH][n+](C23CC4CC(CC(C4)C2)C3)nn1-c1ccc([N+](=O)[O-])cc1. The van der Waals surface area contributed by atoms with Crippen molar-refractivity contribution in [3.05, 3.63) is 44.9 Å². The van der Waals surface area contributed by atoms with E-state index in [0.717, 1.165) is 37.0 Å². The highest BCUT2D eigenvalue weighted by atomic mass is 16.6. The standard InChI is InChI=1S/C17H19N5O3/c23-16-18-22(17-8-11-5-12(9-17)7-13(6-11)10-17)19-20(16)14-1-3-15(4-2-14)21(24)25/h1-4,11-13H,5-10H2/p+1. The van der Waals surface area contributed by atoms with E-state index in [1.54, 1.807) is 16.9 Å². The number of rotatable bonds is 3. The number of nitrogens with zero attached hydrogens (tertiary/aromatic N) is 4. The molecule has 2 aromatic rings. The number of nitro benzene ring substituents is 1. The lowest BCUT2D eigenvalue weighted by molar-refractivity contribution is -0.871. The zero-order chi connectivity index (χ0) is 17.2. The van der Waals surface area contributed by atoms with Crippen LogP contribution in [-0.4, -0.2) is 19.9 Å². The third kappa shape index (κ3) is 2.23. The largest absolute Gasteiger partial charge is 0.471 e. The molecule has 4 saturated carbocycles. The third-order valence-corrected chi connectivity index (χ3v) is 6.33. The molecule has 0 atom stereocenters. The van der Waals surface area contributed by atoms with Crippen LogP contribution >= 0.6 is 0 Å². The topological polar surface area (TPSA) is 97.7 Å². The van der Waals surface area contributed by atoms with Gasteiger partial charge in [0.2, 0.25) is 0 Å². The minimum Gasteiger partial charge on any atom is -0.258 e. The van der Waals surface area contributed by atoms with Crippen LogP contribution in [0.3, 0.4) is 0 Å². The maximum absolute atomic E-state index is 12.4. The van der Waals surface area contributed by atoms with E-state index in [1.165, 1.54) is 36.1 Å². The van der Waals surface area contributed by atoms with Gasteiger partial charge in [-0.05, 0) is 73.1 Å². The molecule has 8 heteroatoms. The highest BCUT2D eigenvalue weighted by molar-refractivity contribution is 5.39. The average Bonchev–Trinajstić information content (AvgIpc) is 2.96. The van der Waals surface area contributed by atoms with Crippen LogP contribution in [0.5, 0.6) is 0 Å². The van der Waals surface area contributed by atoms with Gasteiger partial charge in [-0.25, -0.2) is 4.79 Å². The van der Waals surface area contributed by atoms with Crippen molar-refractivity contribution in [3.63, 3.8) is 0 Å². The van der Waals surface area contributed by atoms with Crippen LogP contribution in [-0.2, 0) is 5.54 Å². The summed E-state index contributed by atoms with van der Waals surface area (Å²) in [4.78, 5) is 24.6. The quantitative estimate of drug-likeness (QED) is 0.521. The summed E-state index contributed by atoms with van der Waals surface area (Å²) >= 11 is 0. The van der Waals surface area contributed by atoms with Crippen molar-refractivity contribution in [2.24, 2.45) is 17.8 Å². The summed E-state index contributed by atoms with van der Waals surface area (Å²) in [5.74, 6) is 2.27. The summed E-state index contributed by atoms with van der Waals surface area (Å²) in [6.07, 6.45) is 7.26. The first-order chi connectivity index (χ1) is 12.0. The molecule has 0 unspecified atom stereocenters. The summed E-state index contributed by atoms with van der Waals surface area (Å²) in [6, 6.07) is 5.91. The molecule has 4 aliphatic carbocycles. The Hall–Kier alpha value is -2.51. The molecule has 130 valence electrons. The molecular formula is C17H20N5O3+. The number of hydrogen-bond donors (Lipinski definition) is 1. The zero-order valence-electron chi connectivity index (χ0n) is 13.8. The van der Waals surface area contributed by atoms with Crippen molar-refractivity contribution in [3.8, 4) is 5.69 Å². The lowest BCUT2D eigenvalue weighted by atomic mass is 9.53. The molecule has 1 N–H and O–H groups in total. The van der Waals surface area contributed by atoms with Gasteiger partial charge in [0.1, 0.15) is 5.21 Å². The number of tetrazole rings is 1. The van der Waals surface area contributed by atoms with Gasteiger partial charge in [0.15, 0.2) is 11.2 Å². The van der Waals surface area contributed by atoms with Gasteiger partial charge in [-0.2, -0.15) is 0 Å². The van der Waals surface area contributed by atoms with E-state index in [-0.39, 0.29) is 16.9 Å². The van der Waals surface area contributed by atoms with E-state index in [9.17, 15) is 14.9 Å². The van der Waals surface area contributed by atoms with Crippen molar-refractivity contribution >= 4 is 5.69 Å². The number of non-ortho nitro benzene ring substituents is 1. The van der Waals surface area contributed by atoms with E-state index in [4.69, 9.17) is 0 Å². The van der Waals surface area contributed by atoms with Crippen LogP contribution in [0.25, 0.3) is 5.69 Å². The second-order valence-corrected chi connectivity index (χ2v) is 8.05. The molecule has 4 bridgehead atoms. The van der Waals surface area contributed by atoms with Gasteiger partial charge in [-0.1, -0.05) is 4.80 Å². The molecular weight excluding hydrogens is 322 g/mol.